The van der Waals surface area contributed by atoms with Gasteiger partial charge in [-0.25, -0.2) is 4.79 Å². The summed E-state index contributed by atoms with van der Waals surface area (Å²) in [6.45, 7) is 0. The second-order valence-electron chi connectivity index (χ2n) is 4.32. The van der Waals surface area contributed by atoms with E-state index in [2.05, 4.69) is 4.18 Å². The Morgan fingerprint density at radius 3 is 1.41 bits per heavy atom. The van der Waals surface area contributed by atoms with Gasteiger partial charge in [0.25, 0.3) is 0 Å². The third-order valence-electron chi connectivity index (χ3n) is 2.55. The fourth-order valence-electron chi connectivity index (χ4n) is 1.46. The van der Waals surface area contributed by atoms with Crippen LogP contribution in [0.2, 0.25) is 0 Å². The van der Waals surface area contributed by atoms with E-state index in [1.165, 1.54) is 12.1 Å². The molecule has 12 heteroatoms. The van der Waals surface area contributed by atoms with Crippen molar-refractivity contribution in [2.75, 3.05) is 0 Å². The third-order valence-corrected chi connectivity index (χ3v) is 2.91. The molecule has 0 bridgehead atoms. The van der Waals surface area contributed by atoms with Crippen LogP contribution in [0.25, 0.3) is 0 Å². The van der Waals surface area contributed by atoms with Gasteiger partial charge in [0.1, 0.15) is 0 Å². The number of carbonyl (C=O) groups excluding carboxylic acids is 3. The summed E-state index contributed by atoms with van der Waals surface area (Å²) in [5, 5.41) is 20.4. The Kier molecular flexibility index (Phi) is 13.5. The summed E-state index contributed by atoms with van der Waals surface area (Å²) in [6.07, 6.45) is 0. The van der Waals surface area contributed by atoms with E-state index in [-0.39, 0.29) is 75.8 Å². The largest absolute Gasteiger partial charge is 1.00 e. The van der Waals surface area contributed by atoms with Gasteiger partial charge in [0.05, 0.1) is 17.5 Å². The molecule has 0 aliphatic rings. The molecule has 9 nitrogen and oxygen atoms in total. The molecule has 0 aliphatic heterocycles. The molecule has 0 aliphatic carbocycles. The minimum atomic E-state index is -4.72. The number of carboxylic acid groups (broad SMARTS) is 2. The van der Waals surface area contributed by atoms with Crippen molar-refractivity contribution < 1.29 is 101 Å². The number of carboxylic acids is 2. The molecule has 0 unspecified atom stereocenters. The fraction of sp³-hybridized carbons (Fsp3) is 0. The first-order chi connectivity index (χ1) is 11.6. The topological polar surface area (TPSA) is 161 Å². The van der Waals surface area contributed by atoms with Crippen LogP contribution >= 0.6 is 0 Å². The first-order valence-corrected chi connectivity index (χ1v) is 7.75. The van der Waals surface area contributed by atoms with Gasteiger partial charge in [0.2, 0.25) is 0 Å². The standard InChI is InChI=1S/C8H6O4.C7H6O5S.2Na/c9-7(10)5-1-2-6(4-3-5)8(11)12;8-7(12-13(9,10)11)6-4-2-1-3-5-6;;/h1-4H,(H,9,10)(H,11,12);1-5H,(H,9,10,11);;/q;;2*+1/p-2. The zero-order chi connectivity index (χ0) is 19.0. The average molecular weight is 412 g/mol. The minimum Gasteiger partial charge on any atom is -0.545 e. The molecule has 132 valence electrons. The Morgan fingerprint density at radius 1 is 0.741 bits per heavy atom. The maximum absolute atomic E-state index is 10.9. The monoisotopic (exact) mass is 412 g/mol. The average Bonchev–Trinajstić information content (AvgIpc) is 2.54. The van der Waals surface area contributed by atoms with Crippen LogP contribution < -0.4 is 69.3 Å². The van der Waals surface area contributed by atoms with E-state index in [9.17, 15) is 33.0 Å². The molecule has 2 aromatic carbocycles. The van der Waals surface area contributed by atoms with Gasteiger partial charge < -0.3 is 24.0 Å². The van der Waals surface area contributed by atoms with E-state index in [0.717, 1.165) is 24.3 Å². The Bertz CT molecular complexity index is 833. The van der Waals surface area contributed by atoms with E-state index in [0.29, 0.717) is 0 Å². The summed E-state index contributed by atoms with van der Waals surface area (Å²) in [5.41, 5.74) is -0.0554. The normalized spacial score (nSPS) is 9.37. The van der Waals surface area contributed by atoms with Crippen LogP contribution in [0.4, 0.5) is 0 Å². The zero-order valence-corrected chi connectivity index (χ0v) is 19.1. The number of rotatable bonds is 4. The summed E-state index contributed by atoms with van der Waals surface area (Å²) in [7, 11) is -4.72. The van der Waals surface area contributed by atoms with Crippen LogP contribution in [0.5, 0.6) is 0 Å². The first-order valence-electron chi connectivity index (χ1n) is 6.39. The van der Waals surface area contributed by atoms with E-state index >= 15 is 0 Å². The molecule has 0 atom stereocenters. The summed E-state index contributed by atoms with van der Waals surface area (Å²) in [6, 6.07) is 12.1. The Labute approximate surface area is 198 Å². The molecule has 2 aromatic rings. The number of hydrogen-bond acceptors (Lipinski definition) is 8. The summed E-state index contributed by atoms with van der Waals surface area (Å²) in [4.78, 5) is 31.3. The molecule has 0 saturated carbocycles. The molecule has 0 saturated heterocycles. The molecule has 27 heavy (non-hydrogen) atoms. The zero-order valence-electron chi connectivity index (χ0n) is 14.3. The van der Waals surface area contributed by atoms with Crippen LogP contribution in [0.15, 0.2) is 54.6 Å². The Hall–Kier alpha value is -1.24. The maximum atomic E-state index is 10.9. The molecule has 1 N–H and O–H groups in total. The van der Waals surface area contributed by atoms with Gasteiger partial charge in [-0.3, -0.25) is 4.55 Å². The van der Waals surface area contributed by atoms with Crippen molar-refractivity contribution in [2.45, 2.75) is 0 Å². The number of aromatic carboxylic acids is 2. The van der Waals surface area contributed by atoms with E-state index < -0.39 is 28.3 Å². The van der Waals surface area contributed by atoms with Crippen LogP contribution in [0, 0.1) is 0 Å². The van der Waals surface area contributed by atoms with Gasteiger partial charge in [-0.15, -0.1) is 0 Å². The van der Waals surface area contributed by atoms with Gasteiger partial charge in [0, 0.05) is 0 Å². The molecule has 0 spiro atoms. The maximum Gasteiger partial charge on any atom is 1.00 e. The fourth-order valence-corrected chi connectivity index (χ4v) is 1.75. The Morgan fingerprint density at radius 2 is 1.11 bits per heavy atom. The summed E-state index contributed by atoms with van der Waals surface area (Å²) < 4.78 is 32.1. The van der Waals surface area contributed by atoms with Crippen molar-refractivity contribution in [3.63, 3.8) is 0 Å². The molecule has 2 rings (SSSR count). The van der Waals surface area contributed by atoms with E-state index in [1.807, 2.05) is 0 Å². The van der Waals surface area contributed by atoms with Gasteiger partial charge in [0.15, 0.2) is 0 Å². The molecule has 0 radical (unpaired) electrons. The molecule has 0 amide bonds. The van der Waals surface area contributed by atoms with E-state index in [4.69, 9.17) is 4.55 Å². The van der Waals surface area contributed by atoms with Crippen molar-refractivity contribution in [1.29, 1.82) is 0 Å². The molecular formula is C15H10Na2O9S. The SMILES string of the molecule is O=C(OS(=O)(=O)O)c1ccccc1.O=C([O-])c1ccc(C(=O)[O-])cc1.[Na+].[Na+]. The van der Waals surface area contributed by atoms with Gasteiger partial charge in [-0.2, -0.15) is 8.42 Å². The molecular weight excluding hydrogens is 402 g/mol. The Balaban J connectivity index is 0. The number of hydrogen-bond donors (Lipinski definition) is 1. The number of benzene rings is 2. The molecule has 0 aromatic heterocycles. The van der Waals surface area contributed by atoms with Crippen molar-refractivity contribution in [3.05, 3.63) is 71.3 Å². The quantitative estimate of drug-likeness (QED) is 0.380. The van der Waals surface area contributed by atoms with Crippen molar-refractivity contribution in [2.24, 2.45) is 0 Å². The smallest absolute Gasteiger partial charge is 0.545 e. The minimum absolute atomic E-state index is 0. The van der Waals surface area contributed by atoms with E-state index in [1.54, 1.807) is 18.2 Å². The number of carbonyl (C=O) groups is 3. The third kappa shape index (κ3) is 11.3. The van der Waals surface area contributed by atoms with Gasteiger partial charge >= 0.3 is 75.5 Å². The van der Waals surface area contributed by atoms with Crippen molar-refractivity contribution in [1.82, 2.24) is 0 Å². The van der Waals surface area contributed by atoms with Crippen LogP contribution in [-0.2, 0) is 14.6 Å². The van der Waals surface area contributed by atoms with Gasteiger partial charge in [-0.1, -0.05) is 42.5 Å². The molecule has 0 heterocycles. The summed E-state index contributed by atoms with van der Waals surface area (Å²) in [5.74, 6) is -3.78. The predicted molar refractivity (Wildman–Crippen MR) is 78.5 cm³/mol. The molecule has 0 fully saturated rings. The van der Waals surface area contributed by atoms with Crippen molar-refractivity contribution >= 4 is 28.3 Å². The van der Waals surface area contributed by atoms with Crippen LogP contribution in [0.1, 0.15) is 31.1 Å². The van der Waals surface area contributed by atoms with Crippen LogP contribution in [-0.4, -0.2) is 30.9 Å². The second kappa shape index (κ2) is 13.0. The predicted octanol–water partition coefficient (Wildman–Crippen LogP) is -6.93. The first kappa shape index (κ1) is 28.0. The van der Waals surface area contributed by atoms with Crippen LogP contribution in [0.3, 0.4) is 0 Å². The summed E-state index contributed by atoms with van der Waals surface area (Å²) >= 11 is 0. The second-order valence-corrected chi connectivity index (χ2v) is 5.34. The van der Waals surface area contributed by atoms with Crippen molar-refractivity contribution in [3.8, 4) is 0 Å². The van der Waals surface area contributed by atoms with Gasteiger partial charge in [-0.05, 0) is 23.3 Å².